The normalized spacial score (nSPS) is 26.2. The fourth-order valence-corrected chi connectivity index (χ4v) is 4.85. The minimum atomic E-state index is -4.73. The van der Waals surface area contributed by atoms with Crippen LogP contribution in [0.2, 0.25) is 0 Å². The van der Waals surface area contributed by atoms with Gasteiger partial charge < -0.3 is 16.0 Å². The minimum absolute atomic E-state index is 0.115. The molecule has 2 aliphatic rings. The average molecular weight is 482 g/mol. The molecule has 0 radical (unpaired) electrons. The van der Waals surface area contributed by atoms with Crippen molar-refractivity contribution in [1.82, 2.24) is 16.0 Å². The number of hydrogen-bond donors (Lipinski definition) is 3. The van der Waals surface area contributed by atoms with E-state index in [1.54, 1.807) is 0 Å². The number of allylic oxidation sites excluding steroid dienone is 4. The predicted molar refractivity (Wildman–Crippen MR) is 115 cm³/mol. The second-order valence-corrected chi connectivity index (χ2v) is 8.79. The number of carbonyl (C=O) groups excluding carboxylic acids is 1. The molecular formula is C23H33F6N3O. The van der Waals surface area contributed by atoms with E-state index < -0.39 is 36.3 Å². The first kappa shape index (κ1) is 27.4. The van der Waals surface area contributed by atoms with Crippen molar-refractivity contribution in [3.63, 3.8) is 0 Å². The topological polar surface area (TPSA) is 53.2 Å². The number of amides is 1. The predicted octanol–water partition coefficient (Wildman–Crippen LogP) is 4.80. The fourth-order valence-electron chi connectivity index (χ4n) is 4.85. The van der Waals surface area contributed by atoms with Crippen LogP contribution in [0.1, 0.15) is 45.4 Å². The van der Waals surface area contributed by atoms with E-state index in [2.05, 4.69) is 16.0 Å². The summed E-state index contributed by atoms with van der Waals surface area (Å²) in [6, 6.07) is 0.150. The Balaban J connectivity index is 2.27. The molecule has 2 unspecified atom stereocenters. The van der Waals surface area contributed by atoms with Crippen LogP contribution in [0, 0.1) is 11.3 Å². The molecule has 4 nitrogen and oxygen atoms in total. The fraction of sp³-hybridized carbons (Fsp3) is 0.696. The number of piperidine rings is 1. The van der Waals surface area contributed by atoms with E-state index in [4.69, 9.17) is 0 Å². The molecule has 1 aliphatic heterocycles. The highest BCUT2D eigenvalue weighted by molar-refractivity contribution is 5.83. The lowest BCUT2D eigenvalue weighted by Crippen LogP contribution is -2.48. The molecule has 1 saturated heterocycles. The zero-order chi connectivity index (χ0) is 24.7. The SMILES string of the molecule is C\C=C/C(=C\C(=C/CC(F)(F)F)CNC(=O)C1(C2CCNCC2)CCC(NC)C1)C(F)(F)F. The number of alkyl halides is 6. The van der Waals surface area contributed by atoms with Gasteiger partial charge in [0.1, 0.15) is 0 Å². The van der Waals surface area contributed by atoms with E-state index in [0.29, 0.717) is 25.0 Å². The Morgan fingerprint density at radius 1 is 1.12 bits per heavy atom. The molecule has 2 fully saturated rings. The second-order valence-electron chi connectivity index (χ2n) is 8.79. The molecule has 1 heterocycles. The third kappa shape index (κ3) is 7.88. The van der Waals surface area contributed by atoms with Gasteiger partial charge in [-0.15, -0.1) is 0 Å². The van der Waals surface area contributed by atoms with Gasteiger partial charge in [-0.25, -0.2) is 0 Å². The number of rotatable bonds is 8. The van der Waals surface area contributed by atoms with Crippen molar-refractivity contribution in [2.75, 3.05) is 26.7 Å². The summed E-state index contributed by atoms with van der Waals surface area (Å²) >= 11 is 0. The molecule has 10 heteroatoms. The summed E-state index contributed by atoms with van der Waals surface area (Å²) in [5, 5.41) is 9.15. The van der Waals surface area contributed by atoms with E-state index in [1.165, 1.54) is 13.0 Å². The Hall–Kier alpha value is -1.81. The van der Waals surface area contributed by atoms with Crippen molar-refractivity contribution >= 4 is 5.91 Å². The smallest absolute Gasteiger partial charge is 0.352 e. The molecule has 2 rings (SSSR count). The van der Waals surface area contributed by atoms with Gasteiger partial charge in [-0.2, -0.15) is 26.3 Å². The van der Waals surface area contributed by atoms with Crippen LogP contribution in [-0.2, 0) is 4.79 Å². The lowest BCUT2D eigenvalue weighted by atomic mass is 9.69. The first-order valence-electron chi connectivity index (χ1n) is 11.2. The molecule has 3 N–H and O–H groups in total. The molecule has 0 aromatic heterocycles. The maximum Gasteiger partial charge on any atom is 0.416 e. The highest BCUT2D eigenvalue weighted by Crippen LogP contribution is 2.48. The van der Waals surface area contributed by atoms with Gasteiger partial charge in [0.25, 0.3) is 0 Å². The standard InChI is InChI=1S/C23H33F6N3O/c1-3-4-18(23(27,28)29)13-16(5-10-22(24,25)26)15-32-20(33)21(9-6-19(14-21)30-2)17-7-11-31-12-8-17/h3-5,13,17,19,30-31H,6-12,14-15H2,1-2H3,(H,32,33)/b4-3-,16-5+,18-13+. The van der Waals surface area contributed by atoms with Gasteiger partial charge in [0.2, 0.25) is 5.91 Å². The second kappa shape index (κ2) is 11.6. The quantitative estimate of drug-likeness (QED) is 0.345. The van der Waals surface area contributed by atoms with E-state index in [0.717, 1.165) is 38.4 Å². The van der Waals surface area contributed by atoms with Crippen LogP contribution in [0.4, 0.5) is 26.3 Å². The summed E-state index contributed by atoms with van der Waals surface area (Å²) in [5.74, 6) is -0.179. The van der Waals surface area contributed by atoms with E-state index in [-0.39, 0.29) is 23.4 Å². The largest absolute Gasteiger partial charge is 0.416 e. The van der Waals surface area contributed by atoms with Gasteiger partial charge >= 0.3 is 12.4 Å². The molecule has 188 valence electrons. The van der Waals surface area contributed by atoms with Crippen molar-refractivity contribution < 1.29 is 31.1 Å². The Bertz CT molecular complexity index is 750. The molecule has 0 aromatic carbocycles. The van der Waals surface area contributed by atoms with Gasteiger partial charge in [0.05, 0.1) is 17.4 Å². The Kier molecular flexibility index (Phi) is 9.60. The van der Waals surface area contributed by atoms with Crippen molar-refractivity contribution in [3.05, 3.63) is 35.5 Å². The maximum absolute atomic E-state index is 13.4. The van der Waals surface area contributed by atoms with Crippen LogP contribution in [0.25, 0.3) is 0 Å². The van der Waals surface area contributed by atoms with Crippen LogP contribution in [-0.4, -0.2) is 51.0 Å². The van der Waals surface area contributed by atoms with Crippen molar-refractivity contribution in [3.8, 4) is 0 Å². The monoisotopic (exact) mass is 481 g/mol. The third-order valence-electron chi connectivity index (χ3n) is 6.59. The van der Waals surface area contributed by atoms with Gasteiger partial charge in [0, 0.05) is 12.6 Å². The minimum Gasteiger partial charge on any atom is -0.352 e. The van der Waals surface area contributed by atoms with Crippen molar-refractivity contribution in [2.45, 2.75) is 63.8 Å². The van der Waals surface area contributed by atoms with Gasteiger partial charge in [-0.3, -0.25) is 4.79 Å². The highest BCUT2D eigenvalue weighted by Gasteiger charge is 2.50. The van der Waals surface area contributed by atoms with E-state index in [9.17, 15) is 31.1 Å². The van der Waals surface area contributed by atoms with E-state index in [1.807, 2.05) is 7.05 Å². The van der Waals surface area contributed by atoms with Gasteiger partial charge in [0.15, 0.2) is 0 Å². The zero-order valence-corrected chi connectivity index (χ0v) is 19.0. The van der Waals surface area contributed by atoms with Crippen molar-refractivity contribution in [2.24, 2.45) is 11.3 Å². The number of carbonyl (C=O) groups is 1. The Labute approximate surface area is 190 Å². The van der Waals surface area contributed by atoms with Crippen LogP contribution in [0.15, 0.2) is 35.5 Å². The summed E-state index contributed by atoms with van der Waals surface area (Å²) in [5.41, 5.74) is -1.98. The van der Waals surface area contributed by atoms with Gasteiger partial charge in [-0.05, 0) is 76.7 Å². The van der Waals surface area contributed by atoms with E-state index >= 15 is 0 Å². The first-order chi connectivity index (χ1) is 15.4. The molecular weight excluding hydrogens is 448 g/mol. The molecule has 0 aromatic rings. The molecule has 1 amide bonds. The summed E-state index contributed by atoms with van der Waals surface area (Å²) in [7, 11) is 1.82. The van der Waals surface area contributed by atoms with Crippen LogP contribution in [0.5, 0.6) is 0 Å². The number of nitrogens with one attached hydrogen (secondary N) is 3. The molecule has 33 heavy (non-hydrogen) atoms. The molecule has 2 atom stereocenters. The molecule has 1 saturated carbocycles. The van der Waals surface area contributed by atoms with Crippen LogP contribution < -0.4 is 16.0 Å². The third-order valence-corrected chi connectivity index (χ3v) is 6.59. The van der Waals surface area contributed by atoms with Gasteiger partial charge in [-0.1, -0.05) is 18.2 Å². The zero-order valence-electron chi connectivity index (χ0n) is 19.0. The molecule has 1 aliphatic carbocycles. The summed E-state index contributed by atoms with van der Waals surface area (Å²) in [6.07, 6.45) is -3.68. The lowest BCUT2D eigenvalue weighted by molar-refractivity contribution is -0.134. The summed E-state index contributed by atoms with van der Waals surface area (Å²) in [6.45, 7) is 2.55. The molecule has 0 spiro atoms. The first-order valence-corrected chi connectivity index (χ1v) is 11.2. The number of hydrogen-bond acceptors (Lipinski definition) is 3. The van der Waals surface area contributed by atoms with Crippen LogP contribution in [0.3, 0.4) is 0 Å². The Morgan fingerprint density at radius 3 is 2.30 bits per heavy atom. The van der Waals surface area contributed by atoms with Crippen molar-refractivity contribution in [1.29, 1.82) is 0 Å². The highest BCUT2D eigenvalue weighted by atomic mass is 19.4. The summed E-state index contributed by atoms with van der Waals surface area (Å²) in [4.78, 5) is 13.4. The lowest BCUT2D eigenvalue weighted by Gasteiger charge is -2.39. The maximum atomic E-state index is 13.4. The summed E-state index contributed by atoms with van der Waals surface area (Å²) < 4.78 is 78.2. The number of halogens is 6. The Morgan fingerprint density at radius 2 is 1.79 bits per heavy atom. The average Bonchev–Trinajstić information content (AvgIpc) is 3.20. The molecule has 0 bridgehead atoms. The van der Waals surface area contributed by atoms with Crippen LogP contribution >= 0.6 is 0 Å².